The van der Waals surface area contributed by atoms with Crippen LogP contribution in [-0.4, -0.2) is 29.8 Å². The number of amides is 1. The lowest BCUT2D eigenvalue weighted by atomic mass is 9.80. The molecule has 1 amide bonds. The van der Waals surface area contributed by atoms with Crippen LogP contribution in [0.15, 0.2) is 18.2 Å². The first-order valence-electron chi connectivity index (χ1n) is 6.55. The molecule has 4 nitrogen and oxygen atoms in total. The minimum Gasteiger partial charge on any atom is -0.491 e. The summed E-state index contributed by atoms with van der Waals surface area (Å²) < 4.78 is 5.42. The maximum absolute atomic E-state index is 11.6. The zero-order valence-electron chi connectivity index (χ0n) is 11.0. The van der Waals surface area contributed by atoms with Crippen LogP contribution in [-0.2, 0) is 4.79 Å². The molecule has 0 bridgehead atoms. The Balaban J connectivity index is 1.68. The summed E-state index contributed by atoms with van der Waals surface area (Å²) in [7, 11) is 0. The maximum Gasteiger partial charge on any atom is 0.223 e. The molecule has 2 rings (SSSR count). The van der Waals surface area contributed by atoms with E-state index in [9.17, 15) is 9.90 Å². The summed E-state index contributed by atoms with van der Waals surface area (Å²) >= 11 is 11.7. The minimum atomic E-state index is -0.698. The second-order valence-corrected chi connectivity index (χ2v) is 5.87. The van der Waals surface area contributed by atoms with Gasteiger partial charge in [-0.25, -0.2) is 0 Å². The van der Waals surface area contributed by atoms with E-state index < -0.39 is 5.60 Å². The number of hydrogen-bond acceptors (Lipinski definition) is 3. The standard InChI is InChI=1S/C14H17Cl2NO3/c15-10-2-3-12(11(16)8-10)20-7-4-13(18)17-9-14(19)5-1-6-14/h2-3,8,19H,1,4-7,9H2,(H,17,18). The molecular formula is C14H17Cl2NO3. The SMILES string of the molecule is O=C(CCOc1ccc(Cl)cc1Cl)NCC1(O)CCC1. The van der Waals surface area contributed by atoms with Crippen molar-refractivity contribution in [3.63, 3.8) is 0 Å². The van der Waals surface area contributed by atoms with Gasteiger partial charge in [0.2, 0.25) is 5.91 Å². The summed E-state index contributed by atoms with van der Waals surface area (Å²) in [6, 6.07) is 4.93. The molecule has 0 atom stereocenters. The predicted octanol–water partition coefficient (Wildman–Crippen LogP) is 2.79. The molecule has 1 aromatic carbocycles. The van der Waals surface area contributed by atoms with Crippen LogP contribution in [0.3, 0.4) is 0 Å². The first kappa shape index (κ1) is 15.4. The second-order valence-electron chi connectivity index (χ2n) is 5.03. The molecule has 0 heterocycles. The Morgan fingerprint density at radius 3 is 2.75 bits per heavy atom. The minimum absolute atomic E-state index is 0.143. The molecule has 0 saturated heterocycles. The van der Waals surface area contributed by atoms with Gasteiger partial charge in [0.05, 0.1) is 23.7 Å². The first-order chi connectivity index (χ1) is 9.48. The van der Waals surface area contributed by atoms with Gasteiger partial charge in [-0.05, 0) is 37.5 Å². The quantitative estimate of drug-likeness (QED) is 0.848. The van der Waals surface area contributed by atoms with E-state index in [1.165, 1.54) is 0 Å². The lowest BCUT2D eigenvalue weighted by Gasteiger charge is -2.36. The van der Waals surface area contributed by atoms with Gasteiger partial charge in [-0.3, -0.25) is 4.79 Å². The smallest absolute Gasteiger partial charge is 0.223 e. The highest BCUT2D eigenvalue weighted by Crippen LogP contribution is 2.30. The summed E-state index contributed by atoms with van der Waals surface area (Å²) in [4.78, 5) is 11.6. The van der Waals surface area contributed by atoms with Crippen molar-refractivity contribution in [1.29, 1.82) is 0 Å². The zero-order valence-corrected chi connectivity index (χ0v) is 12.5. The summed E-state index contributed by atoms with van der Waals surface area (Å²) in [5.74, 6) is 0.358. The molecule has 1 aromatic rings. The molecule has 20 heavy (non-hydrogen) atoms. The third-order valence-electron chi connectivity index (χ3n) is 3.38. The number of ether oxygens (including phenoxy) is 1. The number of aliphatic hydroxyl groups is 1. The highest BCUT2D eigenvalue weighted by atomic mass is 35.5. The van der Waals surface area contributed by atoms with E-state index in [1.54, 1.807) is 18.2 Å². The van der Waals surface area contributed by atoms with Gasteiger partial charge in [0, 0.05) is 11.6 Å². The molecule has 2 N–H and O–H groups in total. The van der Waals surface area contributed by atoms with Gasteiger partial charge in [0.1, 0.15) is 5.75 Å². The van der Waals surface area contributed by atoms with Gasteiger partial charge < -0.3 is 15.2 Å². The van der Waals surface area contributed by atoms with Crippen molar-refractivity contribution in [3.8, 4) is 5.75 Å². The number of halogens is 2. The van der Waals surface area contributed by atoms with Crippen molar-refractivity contribution in [2.45, 2.75) is 31.3 Å². The van der Waals surface area contributed by atoms with E-state index in [4.69, 9.17) is 27.9 Å². The van der Waals surface area contributed by atoms with Crippen LogP contribution in [0.4, 0.5) is 0 Å². The van der Waals surface area contributed by atoms with Crippen molar-refractivity contribution in [3.05, 3.63) is 28.2 Å². The molecule has 6 heteroatoms. The average molecular weight is 318 g/mol. The average Bonchev–Trinajstić information content (AvgIpc) is 2.37. The molecule has 1 aliphatic carbocycles. The molecule has 1 saturated carbocycles. The fraction of sp³-hybridized carbons (Fsp3) is 0.500. The van der Waals surface area contributed by atoms with Crippen LogP contribution in [0.25, 0.3) is 0 Å². The number of nitrogens with one attached hydrogen (secondary N) is 1. The van der Waals surface area contributed by atoms with Crippen LogP contribution < -0.4 is 10.1 Å². The fourth-order valence-electron chi connectivity index (χ4n) is 1.96. The molecule has 0 aliphatic heterocycles. The molecule has 1 aliphatic rings. The van der Waals surface area contributed by atoms with Gasteiger partial charge in [-0.15, -0.1) is 0 Å². The third-order valence-corrected chi connectivity index (χ3v) is 3.91. The Labute approximate surface area is 128 Å². The van der Waals surface area contributed by atoms with Gasteiger partial charge in [0.15, 0.2) is 0 Å². The summed E-state index contributed by atoms with van der Waals surface area (Å²) in [6.45, 7) is 0.541. The highest BCUT2D eigenvalue weighted by molar-refractivity contribution is 6.35. The summed E-state index contributed by atoms with van der Waals surface area (Å²) in [5, 5.41) is 13.5. The van der Waals surface area contributed by atoms with Crippen molar-refractivity contribution < 1.29 is 14.6 Å². The van der Waals surface area contributed by atoms with E-state index in [0.717, 1.165) is 19.3 Å². The maximum atomic E-state index is 11.6. The molecule has 1 fully saturated rings. The molecule has 0 unspecified atom stereocenters. The second kappa shape index (κ2) is 6.66. The van der Waals surface area contributed by atoms with Crippen LogP contribution in [0.1, 0.15) is 25.7 Å². The van der Waals surface area contributed by atoms with Gasteiger partial charge in [0.25, 0.3) is 0 Å². The van der Waals surface area contributed by atoms with Crippen molar-refractivity contribution in [2.75, 3.05) is 13.2 Å². The molecule has 0 spiro atoms. The van der Waals surface area contributed by atoms with Gasteiger partial charge in [-0.2, -0.15) is 0 Å². The van der Waals surface area contributed by atoms with E-state index in [2.05, 4.69) is 5.32 Å². The number of carbonyl (C=O) groups is 1. The van der Waals surface area contributed by atoms with Gasteiger partial charge in [-0.1, -0.05) is 23.2 Å². The van der Waals surface area contributed by atoms with E-state index in [-0.39, 0.29) is 18.9 Å². The number of carbonyl (C=O) groups excluding carboxylic acids is 1. The summed E-state index contributed by atoms with van der Waals surface area (Å²) in [5.41, 5.74) is -0.698. The Hall–Kier alpha value is -0.970. The Bertz CT molecular complexity index is 489. The number of hydrogen-bond donors (Lipinski definition) is 2. The zero-order chi connectivity index (χ0) is 14.6. The fourth-order valence-corrected chi connectivity index (χ4v) is 2.42. The number of rotatable bonds is 6. The van der Waals surface area contributed by atoms with E-state index in [1.807, 2.05) is 0 Å². The largest absolute Gasteiger partial charge is 0.491 e. The Morgan fingerprint density at radius 2 is 2.15 bits per heavy atom. The van der Waals surface area contributed by atoms with Crippen LogP contribution in [0, 0.1) is 0 Å². The lowest BCUT2D eigenvalue weighted by Crippen LogP contribution is -2.47. The summed E-state index contributed by atoms with van der Waals surface area (Å²) in [6.07, 6.45) is 2.74. The van der Waals surface area contributed by atoms with Crippen molar-refractivity contribution >= 4 is 29.1 Å². The third kappa shape index (κ3) is 4.27. The van der Waals surface area contributed by atoms with Crippen molar-refractivity contribution in [2.24, 2.45) is 0 Å². The van der Waals surface area contributed by atoms with Crippen LogP contribution in [0.2, 0.25) is 10.0 Å². The number of benzene rings is 1. The van der Waals surface area contributed by atoms with Gasteiger partial charge >= 0.3 is 0 Å². The molecule has 0 aromatic heterocycles. The monoisotopic (exact) mass is 317 g/mol. The van der Waals surface area contributed by atoms with E-state index >= 15 is 0 Å². The van der Waals surface area contributed by atoms with Crippen molar-refractivity contribution in [1.82, 2.24) is 5.32 Å². The Morgan fingerprint density at radius 1 is 1.40 bits per heavy atom. The topological polar surface area (TPSA) is 58.6 Å². The van der Waals surface area contributed by atoms with Crippen LogP contribution in [0.5, 0.6) is 5.75 Å². The predicted molar refractivity (Wildman–Crippen MR) is 78.4 cm³/mol. The molecule has 110 valence electrons. The molecular weight excluding hydrogens is 301 g/mol. The highest BCUT2D eigenvalue weighted by Gasteiger charge is 2.34. The van der Waals surface area contributed by atoms with Crippen LogP contribution >= 0.6 is 23.2 Å². The Kier molecular flexibility index (Phi) is 5.13. The normalized spacial score (nSPS) is 16.4. The van der Waals surface area contributed by atoms with E-state index in [0.29, 0.717) is 22.3 Å². The first-order valence-corrected chi connectivity index (χ1v) is 7.31. The lowest BCUT2D eigenvalue weighted by molar-refractivity contribution is -0.124. The molecule has 0 radical (unpaired) electrons.